The first-order valence-corrected chi connectivity index (χ1v) is 7.89. The molecular formula is C17H23N3O2. The highest BCUT2D eigenvalue weighted by molar-refractivity contribution is 5.83. The molecule has 1 amide bonds. The highest BCUT2D eigenvalue weighted by Gasteiger charge is 2.29. The molecule has 5 nitrogen and oxygen atoms in total. The second-order valence-electron chi connectivity index (χ2n) is 6.18. The van der Waals surface area contributed by atoms with Gasteiger partial charge in [0.25, 0.3) is 0 Å². The average molecular weight is 301 g/mol. The van der Waals surface area contributed by atoms with Gasteiger partial charge in [-0.3, -0.25) is 4.79 Å². The Bertz CT molecular complexity index is 645. The standard InChI is InChI=1S/C17H23N3O2/c1-12-9-16(14(3)22-12)13(2)17(21)19-7-4-5-15(10-19)20-8-6-18-11-20/h6,8-9,11,13,15H,4-5,7,10H2,1-3H3/t13-,15+/m1/s1. The Hall–Kier alpha value is -2.04. The van der Waals surface area contributed by atoms with Crippen LogP contribution in [0.2, 0.25) is 0 Å². The van der Waals surface area contributed by atoms with Crippen LogP contribution < -0.4 is 0 Å². The summed E-state index contributed by atoms with van der Waals surface area (Å²) in [5, 5.41) is 0. The van der Waals surface area contributed by atoms with Crippen LogP contribution in [0.3, 0.4) is 0 Å². The molecule has 22 heavy (non-hydrogen) atoms. The van der Waals surface area contributed by atoms with Crippen molar-refractivity contribution >= 4 is 5.91 Å². The fourth-order valence-electron chi connectivity index (χ4n) is 3.37. The summed E-state index contributed by atoms with van der Waals surface area (Å²) in [6.07, 6.45) is 7.74. The fourth-order valence-corrected chi connectivity index (χ4v) is 3.37. The van der Waals surface area contributed by atoms with E-state index >= 15 is 0 Å². The lowest BCUT2D eigenvalue weighted by Crippen LogP contribution is -2.42. The van der Waals surface area contributed by atoms with E-state index in [1.54, 1.807) is 6.20 Å². The van der Waals surface area contributed by atoms with Crippen molar-refractivity contribution < 1.29 is 9.21 Å². The van der Waals surface area contributed by atoms with E-state index in [-0.39, 0.29) is 11.8 Å². The highest BCUT2D eigenvalue weighted by atomic mass is 16.3. The van der Waals surface area contributed by atoms with Crippen molar-refractivity contribution in [3.63, 3.8) is 0 Å². The molecule has 2 atom stereocenters. The van der Waals surface area contributed by atoms with E-state index in [0.717, 1.165) is 43.0 Å². The lowest BCUT2D eigenvalue weighted by atomic mass is 9.97. The van der Waals surface area contributed by atoms with E-state index in [4.69, 9.17) is 4.42 Å². The monoisotopic (exact) mass is 301 g/mol. The number of imidazole rings is 1. The lowest BCUT2D eigenvalue weighted by molar-refractivity contribution is -0.134. The zero-order valence-corrected chi connectivity index (χ0v) is 13.5. The Morgan fingerprint density at radius 1 is 1.45 bits per heavy atom. The SMILES string of the molecule is Cc1cc([C@@H](C)C(=O)N2CCC[C@H](n3ccnc3)C2)c(C)o1. The summed E-state index contributed by atoms with van der Waals surface area (Å²) in [6.45, 7) is 7.42. The smallest absolute Gasteiger partial charge is 0.230 e. The number of hydrogen-bond donors (Lipinski definition) is 0. The predicted molar refractivity (Wildman–Crippen MR) is 83.7 cm³/mol. The lowest BCUT2D eigenvalue weighted by Gasteiger charge is -2.34. The van der Waals surface area contributed by atoms with Crippen molar-refractivity contribution in [1.29, 1.82) is 0 Å². The van der Waals surface area contributed by atoms with E-state index in [9.17, 15) is 4.79 Å². The number of rotatable bonds is 3. The molecule has 0 unspecified atom stereocenters. The topological polar surface area (TPSA) is 51.3 Å². The third-order valence-corrected chi connectivity index (χ3v) is 4.57. The minimum Gasteiger partial charge on any atom is -0.466 e. The Morgan fingerprint density at radius 2 is 2.27 bits per heavy atom. The molecule has 3 heterocycles. The second kappa shape index (κ2) is 5.99. The number of likely N-dealkylation sites (tertiary alicyclic amines) is 1. The van der Waals surface area contributed by atoms with E-state index in [2.05, 4.69) is 9.55 Å². The Morgan fingerprint density at radius 3 is 2.91 bits per heavy atom. The van der Waals surface area contributed by atoms with Gasteiger partial charge in [0.05, 0.1) is 18.3 Å². The number of hydrogen-bond acceptors (Lipinski definition) is 3. The molecule has 1 aliphatic heterocycles. The largest absolute Gasteiger partial charge is 0.466 e. The van der Waals surface area contributed by atoms with Crippen LogP contribution in [-0.2, 0) is 4.79 Å². The maximum absolute atomic E-state index is 12.8. The molecule has 1 saturated heterocycles. The average Bonchev–Trinajstić information content (AvgIpc) is 3.15. The van der Waals surface area contributed by atoms with Crippen LogP contribution in [0.4, 0.5) is 0 Å². The third-order valence-electron chi connectivity index (χ3n) is 4.57. The van der Waals surface area contributed by atoms with E-state index in [1.807, 2.05) is 44.3 Å². The van der Waals surface area contributed by atoms with Crippen LogP contribution in [0.15, 0.2) is 29.2 Å². The van der Waals surface area contributed by atoms with Crippen LogP contribution in [0.1, 0.15) is 48.8 Å². The van der Waals surface area contributed by atoms with Crippen LogP contribution in [0, 0.1) is 13.8 Å². The molecular weight excluding hydrogens is 278 g/mol. The predicted octanol–water partition coefficient (Wildman–Crippen LogP) is 3.06. The Balaban J connectivity index is 1.72. The van der Waals surface area contributed by atoms with Crippen molar-refractivity contribution in [2.45, 2.75) is 45.6 Å². The number of carbonyl (C=O) groups excluding carboxylic acids is 1. The van der Waals surface area contributed by atoms with Crippen LogP contribution >= 0.6 is 0 Å². The molecule has 0 aromatic carbocycles. The van der Waals surface area contributed by atoms with Gasteiger partial charge in [-0.2, -0.15) is 0 Å². The van der Waals surface area contributed by atoms with Gasteiger partial charge in [0, 0.05) is 31.0 Å². The summed E-state index contributed by atoms with van der Waals surface area (Å²) in [6, 6.07) is 2.31. The molecule has 0 spiro atoms. The third kappa shape index (κ3) is 2.80. The molecule has 118 valence electrons. The maximum Gasteiger partial charge on any atom is 0.230 e. The second-order valence-corrected chi connectivity index (χ2v) is 6.18. The summed E-state index contributed by atoms with van der Waals surface area (Å²) >= 11 is 0. The fraction of sp³-hybridized carbons (Fsp3) is 0.529. The minimum absolute atomic E-state index is 0.154. The normalized spacial score (nSPS) is 20.1. The molecule has 0 aliphatic carbocycles. The van der Waals surface area contributed by atoms with Crippen molar-refractivity contribution in [3.05, 3.63) is 41.9 Å². The van der Waals surface area contributed by atoms with Crippen molar-refractivity contribution in [3.8, 4) is 0 Å². The summed E-state index contributed by atoms with van der Waals surface area (Å²) in [7, 11) is 0. The molecule has 2 aromatic rings. The van der Waals surface area contributed by atoms with Gasteiger partial charge in [0.15, 0.2) is 0 Å². The van der Waals surface area contributed by atoms with Crippen LogP contribution in [0.5, 0.6) is 0 Å². The molecule has 2 aromatic heterocycles. The molecule has 0 saturated carbocycles. The number of piperidine rings is 1. The quantitative estimate of drug-likeness (QED) is 0.875. The Labute approximate surface area is 130 Å². The van der Waals surface area contributed by atoms with Gasteiger partial charge in [-0.15, -0.1) is 0 Å². The number of amides is 1. The molecule has 5 heteroatoms. The number of carbonyl (C=O) groups is 1. The molecule has 0 N–H and O–H groups in total. The summed E-state index contributed by atoms with van der Waals surface area (Å²) in [5.74, 6) is 1.75. The van der Waals surface area contributed by atoms with Gasteiger partial charge >= 0.3 is 0 Å². The first-order valence-electron chi connectivity index (χ1n) is 7.89. The molecule has 3 rings (SSSR count). The number of furan rings is 1. The number of nitrogens with zero attached hydrogens (tertiary/aromatic N) is 3. The van der Waals surface area contributed by atoms with Crippen molar-refractivity contribution in [2.24, 2.45) is 0 Å². The molecule has 1 aliphatic rings. The van der Waals surface area contributed by atoms with Gasteiger partial charge < -0.3 is 13.9 Å². The summed E-state index contributed by atoms with van der Waals surface area (Å²) in [4.78, 5) is 18.9. The zero-order valence-electron chi connectivity index (χ0n) is 13.5. The molecule has 1 fully saturated rings. The van der Waals surface area contributed by atoms with E-state index < -0.39 is 0 Å². The van der Waals surface area contributed by atoms with Crippen molar-refractivity contribution in [2.75, 3.05) is 13.1 Å². The summed E-state index contributed by atoms with van der Waals surface area (Å²) in [5.41, 5.74) is 1.01. The Kier molecular flexibility index (Phi) is 4.05. The van der Waals surface area contributed by atoms with Gasteiger partial charge in [-0.1, -0.05) is 0 Å². The van der Waals surface area contributed by atoms with E-state index in [1.165, 1.54) is 0 Å². The first kappa shape index (κ1) is 14.9. The van der Waals surface area contributed by atoms with Gasteiger partial charge in [-0.25, -0.2) is 4.98 Å². The number of aryl methyl sites for hydroxylation is 2. The van der Waals surface area contributed by atoms with Crippen molar-refractivity contribution in [1.82, 2.24) is 14.5 Å². The zero-order chi connectivity index (χ0) is 15.7. The molecule has 0 radical (unpaired) electrons. The van der Waals surface area contributed by atoms with Gasteiger partial charge in [0.2, 0.25) is 5.91 Å². The highest BCUT2D eigenvalue weighted by Crippen LogP contribution is 2.28. The van der Waals surface area contributed by atoms with Crippen LogP contribution in [0.25, 0.3) is 0 Å². The van der Waals surface area contributed by atoms with E-state index in [0.29, 0.717) is 6.04 Å². The molecule has 0 bridgehead atoms. The van der Waals surface area contributed by atoms with Crippen LogP contribution in [-0.4, -0.2) is 33.4 Å². The minimum atomic E-state index is -0.154. The number of aromatic nitrogens is 2. The maximum atomic E-state index is 12.8. The van der Waals surface area contributed by atoms with Gasteiger partial charge in [0.1, 0.15) is 11.5 Å². The summed E-state index contributed by atoms with van der Waals surface area (Å²) < 4.78 is 7.68. The first-order chi connectivity index (χ1) is 10.6. The van der Waals surface area contributed by atoms with Gasteiger partial charge in [-0.05, 0) is 39.7 Å².